The molecule has 0 saturated carbocycles. The molecular weight excluding hydrogens is 420 g/mol. The normalized spacial score (nSPS) is 12.7. The first-order valence-corrected chi connectivity index (χ1v) is 9.84. The number of halogens is 4. The molecule has 7 heteroatoms. The van der Waals surface area contributed by atoms with E-state index in [0.29, 0.717) is 17.1 Å². The highest BCUT2D eigenvalue weighted by Crippen LogP contribution is 2.38. The number of aliphatic imine (C=N–C) groups is 1. The molecule has 0 bridgehead atoms. The fraction of sp³-hybridized carbons (Fsp3) is 0.160. The molecule has 0 N–H and O–H groups in total. The lowest BCUT2D eigenvalue weighted by molar-refractivity contribution is 0.0821. The van der Waals surface area contributed by atoms with Crippen molar-refractivity contribution >= 4 is 17.2 Å². The molecule has 0 fully saturated rings. The van der Waals surface area contributed by atoms with Crippen LogP contribution in [-0.2, 0) is 6.54 Å². The first-order chi connectivity index (χ1) is 15.4. The fourth-order valence-electron chi connectivity index (χ4n) is 3.40. The second-order valence-corrected chi connectivity index (χ2v) is 7.12. The minimum atomic E-state index is -2.62. The zero-order valence-corrected chi connectivity index (χ0v) is 17.1. The van der Waals surface area contributed by atoms with Crippen LogP contribution in [0.1, 0.15) is 23.6 Å². The van der Waals surface area contributed by atoms with Gasteiger partial charge in [-0.1, -0.05) is 42.2 Å². The Balaban J connectivity index is 1.64. The van der Waals surface area contributed by atoms with Gasteiger partial charge in [0.05, 0.1) is 6.54 Å². The number of rotatable bonds is 4. The van der Waals surface area contributed by atoms with E-state index < -0.39 is 24.7 Å². The average Bonchev–Trinajstić information content (AvgIpc) is 2.77. The second kappa shape index (κ2) is 9.15. The maximum absolute atomic E-state index is 14.9. The molecule has 0 aromatic heterocycles. The van der Waals surface area contributed by atoms with Gasteiger partial charge in [-0.25, -0.2) is 22.6 Å². The number of alkyl halides is 2. The lowest BCUT2D eigenvalue weighted by Crippen LogP contribution is -2.32. The number of anilines is 1. The van der Waals surface area contributed by atoms with Crippen molar-refractivity contribution in [2.45, 2.75) is 19.9 Å². The third-order valence-electron chi connectivity index (χ3n) is 4.85. The molecule has 1 heterocycles. The van der Waals surface area contributed by atoms with E-state index in [4.69, 9.17) is 4.74 Å². The lowest BCUT2D eigenvalue weighted by atomic mass is 10.1. The minimum Gasteiger partial charge on any atom is -0.485 e. The number of hydrogen-bond donors (Lipinski definition) is 0. The Morgan fingerprint density at radius 3 is 2.34 bits per heavy atom. The van der Waals surface area contributed by atoms with E-state index in [-0.39, 0.29) is 23.5 Å². The summed E-state index contributed by atoms with van der Waals surface area (Å²) in [7, 11) is 0. The van der Waals surface area contributed by atoms with Gasteiger partial charge in [0.1, 0.15) is 29.6 Å². The maximum atomic E-state index is 14.9. The predicted octanol–water partition coefficient (Wildman–Crippen LogP) is 6.08. The molecule has 0 radical (unpaired) electrons. The van der Waals surface area contributed by atoms with Gasteiger partial charge in [-0.3, -0.25) is 0 Å². The van der Waals surface area contributed by atoms with Crippen molar-refractivity contribution < 1.29 is 22.3 Å². The number of hydrogen-bond acceptors (Lipinski definition) is 3. The minimum absolute atomic E-state index is 0.111. The van der Waals surface area contributed by atoms with Crippen LogP contribution in [0.3, 0.4) is 0 Å². The Bertz CT molecular complexity index is 1210. The third kappa shape index (κ3) is 4.59. The van der Waals surface area contributed by atoms with Crippen LogP contribution >= 0.6 is 0 Å². The number of fused-ring (bicyclic) bond motifs is 1. The van der Waals surface area contributed by atoms with Crippen molar-refractivity contribution in [3.63, 3.8) is 0 Å². The quantitative estimate of drug-likeness (QED) is 0.364. The van der Waals surface area contributed by atoms with Crippen molar-refractivity contribution in [1.82, 2.24) is 0 Å². The van der Waals surface area contributed by atoms with Crippen LogP contribution in [-0.4, -0.2) is 18.9 Å². The summed E-state index contributed by atoms with van der Waals surface area (Å²) < 4.78 is 60.1. The van der Waals surface area contributed by atoms with E-state index in [2.05, 4.69) is 16.8 Å². The van der Waals surface area contributed by atoms with E-state index in [1.54, 1.807) is 31.2 Å². The number of para-hydroxylation sites is 1. The van der Waals surface area contributed by atoms with Crippen LogP contribution in [0, 0.1) is 23.5 Å². The molecule has 0 amide bonds. The van der Waals surface area contributed by atoms with E-state index in [9.17, 15) is 17.6 Å². The van der Waals surface area contributed by atoms with Crippen LogP contribution in [0.5, 0.6) is 5.75 Å². The molecule has 0 unspecified atom stereocenters. The SMILES string of the molecule is CC1=Nc2c(cccc2OCC(F)F)CN1c1c(F)cc(C#Cc2ccccc2)cc1F. The molecule has 3 nitrogen and oxygen atoms in total. The van der Waals surface area contributed by atoms with Gasteiger partial charge in [0.25, 0.3) is 6.43 Å². The van der Waals surface area contributed by atoms with E-state index in [0.717, 1.165) is 5.56 Å². The molecule has 0 aliphatic carbocycles. The summed E-state index contributed by atoms with van der Waals surface area (Å²) in [6.45, 7) is 0.942. The van der Waals surface area contributed by atoms with Crippen LogP contribution < -0.4 is 9.64 Å². The summed E-state index contributed by atoms with van der Waals surface area (Å²) in [6, 6.07) is 16.4. The number of nitrogens with zero attached hydrogens (tertiary/aromatic N) is 2. The Morgan fingerprint density at radius 1 is 0.969 bits per heavy atom. The maximum Gasteiger partial charge on any atom is 0.272 e. The first kappa shape index (κ1) is 21.4. The molecule has 0 spiro atoms. The lowest BCUT2D eigenvalue weighted by Gasteiger charge is -2.30. The highest BCUT2D eigenvalue weighted by molar-refractivity contribution is 6.00. The molecule has 162 valence electrons. The Hall–Kier alpha value is -3.79. The fourth-order valence-corrected chi connectivity index (χ4v) is 3.40. The number of ether oxygens (including phenoxy) is 1. The van der Waals surface area contributed by atoms with Crippen molar-refractivity contribution in [1.29, 1.82) is 0 Å². The summed E-state index contributed by atoms with van der Waals surface area (Å²) >= 11 is 0. The molecule has 1 aliphatic heterocycles. The van der Waals surface area contributed by atoms with Gasteiger partial charge in [-0.2, -0.15) is 0 Å². The molecule has 32 heavy (non-hydrogen) atoms. The Labute approximate surface area is 183 Å². The topological polar surface area (TPSA) is 24.8 Å². The van der Waals surface area contributed by atoms with Gasteiger partial charge in [0.15, 0.2) is 11.6 Å². The molecule has 0 atom stereocenters. The molecule has 1 aliphatic rings. The smallest absolute Gasteiger partial charge is 0.272 e. The van der Waals surface area contributed by atoms with Gasteiger partial charge in [0, 0.05) is 16.7 Å². The van der Waals surface area contributed by atoms with Crippen molar-refractivity contribution in [2.75, 3.05) is 11.5 Å². The summed E-state index contributed by atoms with van der Waals surface area (Å²) in [6.07, 6.45) is -2.62. The van der Waals surface area contributed by atoms with Crippen LogP contribution in [0.2, 0.25) is 0 Å². The van der Waals surface area contributed by atoms with Crippen LogP contribution in [0.4, 0.5) is 28.9 Å². The highest BCUT2D eigenvalue weighted by atomic mass is 19.3. The van der Waals surface area contributed by atoms with Crippen LogP contribution in [0.15, 0.2) is 65.7 Å². The van der Waals surface area contributed by atoms with Gasteiger partial charge in [0.2, 0.25) is 0 Å². The average molecular weight is 438 g/mol. The summed E-state index contributed by atoms with van der Waals surface area (Å²) in [5.74, 6) is 4.62. The van der Waals surface area contributed by atoms with Crippen molar-refractivity contribution in [3.05, 3.63) is 89.0 Å². The Morgan fingerprint density at radius 2 is 1.66 bits per heavy atom. The highest BCUT2D eigenvalue weighted by Gasteiger charge is 2.26. The largest absolute Gasteiger partial charge is 0.485 e. The third-order valence-corrected chi connectivity index (χ3v) is 4.85. The van der Waals surface area contributed by atoms with Crippen molar-refractivity contribution in [3.8, 4) is 17.6 Å². The summed E-state index contributed by atoms with van der Waals surface area (Å²) in [5.41, 5.74) is 1.68. The second-order valence-electron chi connectivity index (χ2n) is 7.12. The van der Waals surface area contributed by atoms with Gasteiger partial charge < -0.3 is 9.64 Å². The van der Waals surface area contributed by atoms with Gasteiger partial charge in [-0.05, 0) is 37.3 Å². The van der Waals surface area contributed by atoms with E-state index >= 15 is 0 Å². The van der Waals surface area contributed by atoms with Crippen molar-refractivity contribution in [2.24, 2.45) is 4.99 Å². The molecule has 0 saturated heterocycles. The molecule has 3 aromatic rings. The summed E-state index contributed by atoms with van der Waals surface area (Å²) in [4.78, 5) is 5.77. The number of amidine groups is 1. The zero-order valence-electron chi connectivity index (χ0n) is 17.1. The monoisotopic (exact) mass is 438 g/mol. The van der Waals surface area contributed by atoms with E-state index in [1.165, 1.54) is 23.1 Å². The molecular formula is C25H18F4N2O. The van der Waals surface area contributed by atoms with Gasteiger partial charge >= 0.3 is 0 Å². The van der Waals surface area contributed by atoms with Gasteiger partial charge in [-0.15, -0.1) is 0 Å². The molecule has 4 rings (SSSR count). The predicted molar refractivity (Wildman–Crippen MR) is 116 cm³/mol. The van der Waals surface area contributed by atoms with E-state index in [1.807, 2.05) is 18.2 Å². The first-order valence-electron chi connectivity index (χ1n) is 9.84. The zero-order chi connectivity index (χ0) is 22.7. The summed E-state index contributed by atoms with van der Waals surface area (Å²) in [5, 5.41) is 0. The number of benzene rings is 3. The Kier molecular flexibility index (Phi) is 6.13. The molecule has 3 aromatic carbocycles. The van der Waals surface area contributed by atoms with Crippen LogP contribution in [0.25, 0.3) is 0 Å². The standard InChI is InChI=1S/C25H18F4N2O/c1-16-30-24-19(8-5-9-22(24)32-15-23(28)29)14-31(16)25-20(26)12-18(13-21(25)27)11-10-17-6-3-2-4-7-17/h2-9,12-13,23H,14-15H2,1H3.